The number of benzene rings is 3. The molecule has 0 fully saturated rings. The van der Waals surface area contributed by atoms with E-state index in [0.29, 0.717) is 58.8 Å². The van der Waals surface area contributed by atoms with Crippen molar-refractivity contribution in [2.24, 2.45) is 0 Å². The molecule has 0 saturated carbocycles. The Morgan fingerprint density at radius 3 is 2.33 bits per heavy atom. The summed E-state index contributed by atoms with van der Waals surface area (Å²) in [6.45, 7) is 8.31. The summed E-state index contributed by atoms with van der Waals surface area (Å²) in [5, 5.41) is 0. The summed E-state index contributed by atoms with van der Waals surface area (Å²) in [7, 11) is 1.68. The van der Waals surface area contributed by atoms with Gasteiger partial charge in [0.2, 0.25) is 12.7 Å². The van der Waals surface area contributed by atoms with Crippen LogP contribution in [0.1, 0.15) is 69.1 Å². The highest BCUT2D eigenvalue weighted by Gasteiger charge is 2.24. The van der Waals surface area contributed by atoms with Gasteiger partial charge in [-0.05, 0) is 62.9 Å². The van der Waals surface area contributed by atoms with E-state index in [1.165, 1.54) is 0 Å². The summed E-state index contributed by atoms with van der Waals surface area (Å²) < 4.78 is 33.6. The zero-order valence-corrected chi connectivity index (χ0v) is 27.5. The van der Waals surface area contributed by atoms with Crippen LogP contribution in [0.15, 0.2) is 72.8 Å². The van der Waals surface area contributed by atoms with Crippen LogP contribution in [0, 0.1) is 0 Å². The first kappa shape index (κ1) is 34.8. The van der Waals surface area contributed by atoms with Gasteiger partial charge in [-0.2, -0.15) is 0 Å². The van der Waals surface area contributed by atoms with Gasteiger partial charge in [0.1, 0.15) is 11.4 Å². The molecule has 1 aliphatic rings. The van der Waals surface area contributed by atoms with Crippen molar-refractivity contribution in [1.82, 2.24) is 4.90 Å². The monoisotopic (exact) mass is 633 g/mol. The number of hydrogen-bond donors (Lipinski definition) is 0. The van der Waals surface area contributed by atoms with E-state index in [4.69, 9.17) is 28.4 Å². The lowest BCUT2D eigenvalue weighted by molar-refractivity contribution is -0.155. The van der Waals surface area contributed by atoms with E-state index in [9.17, 15) is 9.59 Å². The van der Waals surface area contributed by atoms with Crippen molar-refractivity contribution in [3.8, 4) is 17.2 Å². The minimum absolute atomic E-state index is 0.0200. The molecule has 0 aliphatic carbocycles. The molecule has 1 aliphatic heterocycles. The van der Waals surface area contributed by atoms with Gasteiger partial charge in [-0.1, -0.05) is 54.6 Å². The van der Waals surface area contributed by atoms with Gasteiger partial charge in [-0.15, -0.1) is 0 Å². The molecule has 0 spiro atoms. The predicted molar refractivity (Wildman–Crippen MR) is 175 cm³/mol. The highest BCUT2D eigenvalue weighted by molar-refractivity contribution is 5.76. The van der Waals surface area contributed by atoms with Crippen LogP contribution in [0.3, 0.4) is 0 Å². The maximum Gasteiger partial charge on any atom is 0.306 e. The van der Waals surface area contributed by atoms with Crippen LogP contribution >= 0.6 is 0 Å². The Kier molecular flexibility index (Phi) is 13.3. The summed E-state index contributed by atoms with van der Waals surface area (Å²) in [6, 6.07) is 24.0. The van der Waals surface area contributed by atoms with Gasteiger partial charge in [0, 0.05) is 37.6 Å². The van der Waals surface area contributed by atoms with Gasteiger partial charge < -0.3 is 33.3 Å². The maximum atomic E-state index is 13.6. The number of amides is 1. The fourth-order valence-corrected chi connectivity index (χ4v) is 5.32. The molecule has 248 valence electrons. The summed E-state index contributed by atoms with van der Waals surface area (Å²) in [5.41, 5.74) is 2.69. The van der Waals surface area contributed by atoms with Crippen LogP contribution < -0.4 is 14.2 Å². The third-order valence-electron chi connectivity index (χ3n) is 7.49. The van der Waals surface area contributed by atoms with Crippen molar-refractivity contribution in [2.45, 2.75) is 64.5 Å². The standard InChI is InChI=1S/C37H47NO8/c1-37(2,3)46-36(40)15-10-21-42-23-24-43-22-19-35(39)38(26-28-11-6-5-7-12-28)20-18-30(31-13-8-9-14-32(31)41-4)29-16-17-33-34(25-29)45-27-44-33/h5-9,11-14,16-17,25,30H,10,15,18-24,26-27H2,1-4H3. The minimum atomic E-state index is -0.482. The number of fused-ring (bicyclic) bond motifs is 1. The summed E-state index contributed by atoms with van der Waals surface area (Å²) in [6.07, 6.45) is 1.84. The topological polar surface area (TPSA) is 92.8 Å². The Hall–Kier alpha value is -4.08. The van der Waals surface area contributed by atoms with Gasteiger partial charge >= 0.3 is 5.97 Å². The van der Waals surface area contributed by atoms with E-state index >= 15 is 0 Å². The van der Waals surface area contributed by atoms with Crippen molar-refractivity contribution in [3.05, 3.63) is 89.5 Å². The molecule has 3 aromatic rings. The quantitative estimate of drug-likeness (QED) is 0.116. The maximum absolute atomic E-state index is 13.6. The number of methoxy groups -OCH3 is 1. The van der Waals surface area contributed by atoms with Crippen LogP contribution in [-0.4, -0.2) is 69.3 Å². The van der Waals surface area contributed by atoms with Crippen molar-refractivity contribution in [1.29, 1.82) is 0 Å². The lowest BCUT2D eigenvalue weighted by atomic mass is 9.87. The molecule has 9 heteroatoms. The molecule has 0 radical (unpaired) electrons. The lowest BCUT2D eigenvalue weighted by Gasteiger charge is -2.27. The first-order valence-corrected chi connectivity index (χ1v) is 15.9. The second-order valence-electron chi connectivity index (χ2n) is 12.2. The number of ether oxygens (including phenoxy) is 6. The van der Waals surface area contributed by atoms with Crippen molar-refractivity contribution >= 4 is 11.9 Å². The number of hydrogen-bond acceptors (Lipinski definition) is 8. The fourth-order valence-electron chi connectivity index (χ4n) is 5.32. The molecule has 1 unspecified atom stereocenters. The Morgan fingerprint density at radius 1 is 0.848 bits per heavy atom. The first-order chi connectivity index (χ1) is 22.2. The summed E-state index contributed by atoms with van der Waals surface area (Å²) in [4.78, 5) is 27.3. The van der Waals surface area contributed by atoms with E-state index in [1.54, 1.807) is 7.11 Å². The molecule has 3 aromatic carbocycles. The fraction of sp³-hybridized carbons (Fsp3) is 0.459. The minimum Gasteiger partial charge on any atom is -0.496 e. The van der Waals surface area contributed by atoms with Gasteiger partial charge in [-0.3, -0.25) is 9.59 Å². The molecule has 46 heavy (non-hydrogen) atoms. The highest BCUT2D eigenvalue weighted by atomic mass is 16.7. The molecule has 1 atom stereocenters. The average molecular weight is 634 g/mol. The van der Waals surface area contributed by atoms with Crippen molar-refractivity contribution in [3.63, 3.8) is 0 Å². The third-order valence-corrected chi connectivity index (χ3v) is 7.49. The molecule has 0 aromatic heterocycles. The molecule has 0 saturated heterocycles. The average Bonchev–Trinajstić information content (AvgIpc) is 3.51. The Bertz CT molecular complexity index is 1390. The van der Waals surface area contributed by atoms with Crippen molar-refractivity contribution in [2.75, 3.05) is 46.9 Å². The summed E-state index contributed by atoms with van der Waals surface area (Å²) >= 11 is 0. The van der Waals surface area contributed by atoms with E-state index in [1.807, 2.05) is 86.3 Å². The molecule has 1 heterocycles. The van der Waals surface area contributed by atoms with Crippen LogP contribution in [-0.2, 0) is 30.3 Å². The zero-order chi connectivity index (χ0) is 32.8. The van der Waals surface area contributed by atoms with E-state index < -0.39 is 5.60 Å². The van der Waals surface area contributed by atoms with Gasteiger partial charge in [0.15, 0.2) is 11.5 Å². The number of nitrogens with zero attached hydrogens (tertiary/aromatic N) is 1. The van der Waals surface area contributed by atoms with Crippen molar-refractivity contribution < 1.29 is 38.0 Å². The Morgan fingerprint density at radius 2 is 1.57 bits per heavy atom. The van der Waals surface area contributed by atoms with Gasteiger partial charge in [-0.25, -0.2) is 0 Å². The first-order valence-electron chi connectivity index (χ1n) is 15.9. The van der Waals surface area contributed by atoms with Crippen LogP contribution in [0.4, 0.5) is 0 Å². The van der Waals surface area contributed by atoms with E-state index in [2.05, 4.69) is 12.1 Å². The molecule has 9 nitrogen and oxygen atoms in total. The zero-order valence-electron chi connectivity index (χ0n) is 27.5. The number of rotatable bonds is 18. The normalized spacial score (nSPS) is 12.9. The Labute approximate surface area is 272 Å². The number of carbonyl (C=O) groups is 2. The highest BCUT2D eigenvalue weighted by Crippen LogP contribution is 2.40. The van der Waals surface area contributed by atoms with E-state index in [0.717, 1.165) is 33.9 Å². The molecule has 1 amide bonds. The van der Waals surface area contributed by atoms with Crippen LogP contribution in [0.2, 0.25) is 0 Å². The molecule has 0 N–H and O–H groups in total. The molecular formula is C37H47NO8. The number of esters is 1. The smallest absolute Gasteiger partial charge is 0.306 e. The largest absolute Gasteiger partial charge is 0.496 e. The summed E-state index contributed by atoms with van der Waals surface area (Å²) in [5.74, 6) is 2.00. The van der Waals surface area contributed by atoms with Crippen LogP contribution in [0.5, 0.6) is 17.2 Å². The number of carbonyl (C=O) groups excluding carboxylic acids is 2. The molecule has 4 rings (SSSR count). The van der Waals surface area contributed by atoms with Gasteiger partial charge in [0.25, 0.3) is 0 Å². The second-order valence-corrected chi connectivity index (χ2v) is 12.2. The molecule has 0 bridgehead atoms. The Balaban J connectivity index is 1.33. The van der Waals surface area contributed by atoms with E-state index in [-0.39, 0.29) is 31.0 Å². The van der Waals surface area contributed by atoms with Crippen LogP contribution in [0.25, 0.3) is 0 Å². The SMILES string of the molecule is COc1ccccc1C(CCN(Cc1ccccc1)C(=O)CCOCCOCCCC(=O)OC(C)(C)C)c1ccc2c(c1)OCO2. The lowest BCUT2D eigenvalue weighted by Crippen LogP contribution is -2.33. The molecular weight excluding hydrogens is 586 g/mol. The predicted octanol–water partition coefficient (Wildman–Crippen LogP) is 6.52. The third kappa shape index (κ3) is 11.1. The van der Waals surface area contributed by atoms with Gasteiger partial charge in [0.05, 0.1) is 33.4 Å². The second kappa shape index (κ2) is 17.6. The number of para-hydroxylation sites is 1.